The maximum atomic E-state index is 13.4. The van der Waals surface area contributed by atoms with Crippen molar-refractivity contribution in [3.05, 3.63) is 73.8 Å². The number of sulfonamides is 1. The number of anilines is 1. The standard InChI is InChI=1S/C24H27NO4S/c1-4-7-8-12-17-25(30(26,27)22-13-10-9-11-14-22)21-15-16-23(28-18-5-2)24(20-21)29-19-6-3/h1,5-6,9-11,13-16,20H,2-3,7-8,12,17-19H2. The number of hydrogen-bond acceptors (Lipinski definition) is 4. The first-order chi connectivity index (χ1) is 14.5. The van der Waals surface area contributed by atoms with Gasteiger partial charge in [0.05, 0.1) is 10.6 Å². The summed E-state index contributed by atoms with van der Waals surface area (Å²) in [5, 5.41) is 0. The number of terminal acetylenes is 1. The molecule has 0 unspecified atom stereocenters. The molecule has 0 fully saturated rings. The molecule has 0 aromatic heterocycles. The molecule has 0 heterocycles. The fourth-order valence-corrected chi connectivity index (χ4v) is 4.29. The van der Waals surface area contributed by atoms with Gasteiger partial charge in [-0.1, -0.05) is 43.5 Å². The van der Waals surface area contributed by atoms with E-state index in [4.69, 9.17) is 15.9 Å². The van der Waals surface area contributed by atoms with Crippen molar-refractivity contribution in [1.29, 1.82) is 0 Å². The summed E-state index contributed by atoms with van der Waals surface area (Å²) in [6.45, 7) is 8.17. The zero-order chi connectivity index (χ0) is 21.8. The molecule has 0 N–H and O–H groups in total. The van der Waals surface area contributed by atoms with Crippen LogP contribution in [0.4, 0.5) is 5.69 Å². The van der Waals surface area contributed by atoms with Gasteiger partial charge in [-0.05, 0) is 37.1 Å². The van der Waals surface area contributed by atoms with Crippen LogP contribution in [0.1, 0.15) is 19.3 Å². The van der Waals surface area contributed by atoms with Gasteiger partial charge in [0, 0.05) is 19.0 Å². The van der Waals surface area contributed by atoms with Gasteiger partial charge in [-0.25, -0.2) is 8.42 Å². The number of hydrogen-bond donors (Lipinski definition) is 0. The summed E-state index contributed by atoms with van der Waals surface area (Å²) in [5.41, 5.74) is 0.490. The second-order valence-electron chi connectivity index (χ2n) is 6.38. The van der Waals surface area contributed by atoms with E-state index in [1.165, 1.54) is 4.31 Å². The topological polar surface area (TPSA) is 55.8 Å². The van der Waals surface area contributed by atoms with Crippen LogP contribution in [0.3, 0.4) is 0 Å². The van der Waals surface area contributed by atoms with Crippen LogP contribution >= 0.6 is 0 Å². The smallest absolute Gasteiger partial charge is 0.264 e. The van der Waals surface area contributed by atoms with Crippen molar-refractivity contribution >= 4 is 15.7 Å². The molecule has 0 aliphatic heterocycles. The summed E-state index contributed by atoms with van der Waals surface area (Å²) >= 11 is 0. The summed E-state index contributed by atoms with van der Waals surface area (Å²) in [5.74, 6) is 3.53. The summed E-state index contributed by atoms with van der Waals surface area (Å²) in [6, 6.07) is 13.4. The van der Waals surface area contributed by atoms with Crippen molar-refractivity contribution in [2.24, 2.45) is 0 Å². The largest absolute Gasteiger partial charge is 0.486 e. The molecule has 158 valence electrons. The Kier molecular flexibility index (Phi) is 9.04. The van der Waals surface area contributed by atoms with Crippen molar-refractivity contribution in [2.45, 2.75) is 24.2 Å². The number of ether oxygens (including phenoxy) is 2. The van der Waals surface area contributed by atoms with Gasteiger partial charge in [0.15, 0.2) is 11.5 Å². The molecule has 0 aliphatic rings. The molecule has 0 aliphatic carbocycles. The fraction of sp³-hybridized carbons (Fsp3) is 0.250. The molecule has 0 bridgehead atoms. The molecule has 0 saturated carbocycles. The molecule has 0 saturated heterocycles. The third-order valence-corrected chi connectivity index (χ3v) is 6.03. The lowest BCUT2D eigenvalue weighted by atomic mass is 10.2. The highest BCUT2D eigenvalue weighted by molar-refractivity contribution is 7.92. The van der Waals surface area contributed by atoms with Gasteiger partial charge in [0.1, 0.15) is 13.2 Å². The minimum absolute atomic E-state index is 0.225. The molecular weight excluding hydrogens is 398 g/mol. The Hall–Kier alpha value is -3.17. The van der Waals surface area contributed by atoms with Crippen LogP contribution in [-0.4, -0.2) is 28.2 Å². The highest BCUT2D eigenvalue weighted by Crippen LogP contribution is 2.34. The van der Waals surface area contributed by atoms with Gasteiger partial charge in [-0.3, -0.25) is 4.31 Å². The lowest BCUT2D eigenvalue weighted by molar-refractivity contribution is 0.308. The van der Waals surface area contributed by atoms with E-state index in [0.29, 0.717) is 43.2 Å². The maximum absolute atomic E-state index is 13.4. The van der Waals surface area contributed by atoms with Gasteiger partial charge in [-0.2, -0.15) is 0 Å². The van der Waals surface area contributed by atoms with E-state index in [0.717, 1.165) is 6.42 Å². The Morgan fingerprint density at radius 3 is 2.27 bits per heavy atom. The van der Waals surface area contributed by atoms with Crippen LogP contribution < -0.4 is 13.8 Å². The average Bonchev–Trinajstić information content (AvgIpc) is 2.77. The molecule has 6 heteroatoms. The minimum atomic E-state index is -3.76. The second-order valence-corrected chi connectivity index (χ2v) is 8.24. The SMILES string of the molecule is C#CCCCCN(c1ccc(OCC=C)c(OCC=C)c1)S(=O)(=O)c1ccccc1. The Morgan fingerprint density at radius 1 is 0.967 bits per heavy atom. The number of unbranched alkanes of at least 4 members (excludes halogenated alkanes) is 2. The summed E-state index contributed by atoms with van der Waals surface area (Å²) < 4.78 is 39.5. The van der Waals surface area contributed by atoms with E-state index in [1.54, 1.807) is 60.7 Å². The van der Waals surface area contributed by atoms with Crippen LogP contribution in [0.15, 0.2) is 78.7 Å². The molecule has 5 nitrogen and oxygen atoms in total. The first kappa shape index (κ1) is 23.1. The van der Waals surface area contributed by atoms with Crippen molar-refractivity contribution in [3.63, 3.8) is 0 Å². The van der Waals surface area contributed by atoms with E-state index in [9.17, 15) is 8.42 Å². The Labute approximate surface area is 179 Å². The highest BCUT2D eigenvalue weighted by atomic mass is 32.2. The van der Waals surface area contributed by atoms with Crippen molar-refractivity contribution in [3.8, 4) is 23.8 Å². The second kappa shape index (κ2) is 11.7. The average molecular weight is 426 g/mol. The molecule has 0 radical (unpaired) electrons. The van der Waals surface area contributed by atoms with E-state index < -0.39 is 10.0 Å². The fourth-order valence-electron chi connectivity index (χ4n) is 2.77. The van der Waals surface area contributed by atoms with Crippen LogP contribution in [0.5, 0.6) is 11.5 Å². The Bertz CT molecular complexity index is 978. The molecule has 2 aromatic carbocycles. The molecule has 0 atom stereocenters. The third-order valence-electron chi connectivity index (χ3n) is 4.19. The molecule has 30 heavy (non-hydrogen) atoms. The summed E-state index contributed by atoms with van der Waals surface area (Å²) in [7, 11) is -3.76. The predicted octanol–water partition coefficient (Wildman–Crippen LogP) is 4.82. The number of benzene rings is 2. The van der Waals surface area contributed by atoms with E-state index in [-0.39, 0.29) is 11.5 Å². The molecule has 0 spiro atoms. The van der Waals surface area contributed by atoms with Crippen LogP contribution in [0.2, 0.25) is 0 Å². The van der Waals surface area contributed by atoms with Crippen molar-refractivity contribution < 1.29 is 17.9 Å². The maximum Gasteiger partial charge on any atom is 0.264 e. The van der Waals surface area contributed by atoms with Crippen molar-refractivity contribution in [1.82, 2.24) is 0 Å². The first-order valence-electron chi connectivity index (χ1n) is 9.67. The van der Waals surface area contributed by atoms with Gasteiger partial charge in [0.25, 0.3) is 10.0 Å². The summed E-state index contributed by atoms with van der Waals surface area (Å²) in [6.07, 6.45) is 10.5. The Balaban J connectivity index is 2.44. The number of nitrogens with zero attached hydrogens (tertiary/aromatic N) is 1. The Morgan fingerprint density at radius 2 is 1.63 bits per heavy atom. The van der Waals surface area contributed by atoms with E-state index >= 15 is 0 Å². The zero-order valence-electron chi connectivity index (χ0n) is 17.0. The van der Waals surface area contributed by atoms with Crippen LogP contribution in [-0.2, 0) is 10.0 Å². The quantitative estimate of drug-likeness (QED) is 0.262. The molecule has 2 aromatic rings. The lowest BCUT2D eigenvalue weighted by Gasteiger charge is -2.25. The van der Waals surface area contributed by atoms with Crippen LogP contribution in [0, 0.1) is 12.3 Å². The monoisotopic (exact) mass is 425 g/mol. The summed E-state index contributed by atoms with van der Waals surface area (Å²) in [4.78, 5) is 0.225. The molecular formula is C24H27NO4S. The first-order valence-corrected chi connectivity index (χ1v) is 11.1. The highest BCUT2D eigenvalue weighted by Gasteiger charge is 2.25. The molecule has 0 amide bonds. The number of rotatable bonds is 13. The van der Waals surface area contributed by atoms with Gasteiger partial charge >= 0.3 is 0 Å². The van der Waals surface area contributed by atoms with Gasteiger partial charge in [0.2, 0.25) is 0 Å². The van der Waals surface area contributed by atoms with E-state index in [1.807, 2.05) is 0 Å². The van der Waals surface area contributed by atoms with E-state index in [2.05, 4.69) is 19.1 Å². The molecule has 2 rings (SSSR count). The van der Waals surface area contributed by atoms with Gasteiger partial charge < -0.3 is 9.47 Å². The lowest BCUT2D eigenvalue weighted by Crippen LogP contribution is -2.32. The predicted molar refractivity (Wildman–Crippen MR) is 121 cm³/mol. The third kappa shape index (κ3) is 6.16. The van der Waals surface area contributed by atoms with Gasteiger partial charge in [-0.15, -0.1) is 12.3 Å². The van der Waals surface area contributed by atoms with Crippen molar-refractivity contribution in [2.75, 3.05) is 24.1 Å². The van der Waals surface area contributed by atoms with Crippen LogP contribution in [0.25, 0.3) is 0 Å². The normalized spacial score (nSPS) is 10.6. The zero-order valence-corrected chi connectivity index (χ0v) is 17.8. The minimum Gasteiger partial charge on any atom is -0.486 e.